The van der Waals surface area contributed by atoms with Crippen LogP contribution < -0.4 is 10.6 Å². The van der Waals surface area contributed by atoms with Gasteiger partial charge in [-0.3, -0.25) is 9.59 Å². The molecule has 210 valence electrons. The fourth-order valence-electron chi connectivity index (χ4n) is 5.66. The molecular formula is C30H34N4O6. The van der Waals surface area contributed by atoms with E-state index in [4.69, 9.17) is 9.47 Å². The zero-order valence-electron chi connectivity index (χ0n) is 23.0. The van der Waals surface area contributed by atoms with Crippen LogP contribution in [-0.4, -0.2) is 64.6 Å². The fraction of sp³-hybridized carbons (Fsp3) is 0.400. The number of benzene rings is 2. The summed E-state index contributed by atoms with van der Waals surface area (Å²) in [5, 5.41) is 6.51. The van der Waals surface area contributed by atoms with Gasteiger partial charge in [0.15, 0.2) is 0 Å². The molecule has 1 aromatic heterocycles. The third-order valence-corrected chi connectivity index (χ3v) is 7.34. The molecule has 0 saturated carbocycles. The van der Waals surface area contributed by atoms with E-state index in [9.17, 15) is 19.2 Å². The summed E-state index contributed by atoms with van der Waals surface area (Å²) in [7, 11) is 1.28. The lowest BCUT2D eigenvalue weighted by Gasteiger charge is -2.37. The quantitative estimate of drug-likeness (QED) is 0.408. The van der Waals surface area contributed by atoms with Gasteiger partial charge in [0.1, 0.15) is 23.7 Å². The largest absolute Gasteiger partial charge is 0.467 e. The molecule has 3 aromatic rings. The smallest absolute Gasteiger partial charge is 0.408 e. The molecule has 10 nitrogen and oxygen atoms in total. The molecule has 4 atom stereocenters. The number of hydrogen-bond acceptors (Lipinski definition) is 6. The van der Waals surface area contributed by atoms with E-state index in [0.717, 1.165) is 27.7 Å². The normalized spacial score (nSPS) is 20.9. The van der Waals surface area contributed by atoms with Crippen LogP contribution >= 0.6 is 0 Å². The molecule has 2 aromatic carbocycles. The highest BCUT2D eigenvalue weighted by Crippen LogP contribution is 2.43. The predicted molar refractivity (Wildman–Crippen MR) is 147 cm³/mol. The van der Waals surface area contributed by atoms with Crippen molar-refractivity contribution in [1.82, 2.24) is 20.5 Å². The average Bonchev–Trinajstić information content (AvgIpc) is 3.44. The second-order valence-electron chi connectivity index (χ2n) is 11.3. The minimum atomic E-state index is -0.934. The molecule has 3 amide bonds. The Hall–Kier alpha value is -4.34. The summed E-state index contributed by atoms with van der Waals surface area (Å²) >= 11 is 0. The first-order valence-corrected chi connectivity index (χ1v) is 13.4. The molecular weight excluding hydrogens is 512 g/mol. The second-order valence-corrected chi connectivity index (χ2v) is 11.3. The predicted octanol–water partition coefficient (Wildman–Crippen LogP) is 3.16. The zero-order valence-corrected chi connectivity index (χ0v) is 23.0. The summed E-state index contributed by atoms with van der Waals surface area (Å²) in [5.41, 5.74) is 2.83. The van der Waals surface area contributed by atoms with Crippen molar-refractivity contribution in [3.8, 4) is 0 Å². The Kier molecular flexibility index (Phi) is 7.27. The van der Waals surface area contributed by atoms with Gasteiger partial charge >= 0.3 is 12.1 Å². The molecule has 1 fully saturated rings. The summed E-state index contributed by atoms with van der Waals surface area (Å²) in [6.45, 7) is 5.24. The maximum absolute atomic E-state index is 13.9. The highest BCUT2D eigenvalue weighted by Gasteiger charge is 2.51. The molecule has 1 saturated heterocycles. The van der Waals surface area contributed by atoms with E-state index in [-0.39, 0.29) is 25.2 Å². The van der Waals surface area contributed by atoms with Crippen LogP contribution in [0.3, 0.4) is 0 Å². The summed E-state index contributed by atoms with van der Waals surface area (Å²) in [6, 6.07) is 13.9. The Bertz CT molecular complexity index is 1440. The Morgan fingerprint density at radius 3 is 2.48 bits per heavy atom. The summed E-state index contributed by atoms with van der Waals surface area (Å²) in [6.07, 6.45) is 0.0693. The van der Waals surface area contributed by atoms with E-state index in [1.807, 2.05) is 54.6 Å². The number of amides is 3. The van der Waals surface area contributed by atoms with Crippen LogP contribution in [-0.2, 0) is 36.7 Å². The highest BCUT2D eigenvalue weighted by molar-refractivity contribution is 5.97. The van der Waals surface area contributed by atoms with Gasteiger partial charge in [0.05, 0.1) is 13.2 Å². The number of nitrogens with one attached hydrogen (secondary N) is 3. The van der Waals surface area contributed by atoms with Gasteiger partial charge in [0.25, 0.3) is 0 Å². The standard InChI is InChI=1S/C30H34N4O6/c1-30(2,3)40-29(38)33-21-16-23-25-19(18-12-8-9-13-20(18)31-25)15-24(34(23)27(21)36)26(35)32-22(28(37)39-4)14-17-10-6-5-7-11-17/h5-13,21-24,31H,14-16H2,1-4H3,(H,32,35)(H,33,38)/t21-,22+,23+,24-/m1/s1. The molecule has 0 radical (unpaired) electrons. The molecule has 40 heavy (non-hydrogen) atoms. The molecule has 0 unspecified atom stereocenters. The average molecular weight is 547 g/mol. The third-order valence-electron chi connectivity index (χ3n) is 7.34. The Morgan fingerprint density at radius 2 is 1.77 bits per heavy atom. The topological polar surface area (TPSA) is 130 Å². The van der Waals surface area contributed by atoms with Gasteiger partial charge in [-0.25, -0.2) is 9.59 Å². The summed E-state index contributed by atoms with van der Waals surface area (Å²) in [4.78, 5) is 57.8. The Balaban J connectivity index is 1.46. The minimum absolute atomic E-state index is 0.241. The molecule has 3 N–H and O–H groups in total. The summed E-state index contributed by atoms with van der Waals surface area (Å²) < 4.78 is 10.4. The van der Waals surface area contributed by atoms with E-state index < -0.39 is 47.7 Å². The van der Waals surface area contributed by atoms with E-state index in [1.54, 1.807) is 20.8 Å². The van der Waals surface area contributed by atoms with Crippen LogP contribution in [0.1, 0.15) is 50.1 Å². The molecule has 2 aliphatic heterocycles. The molecule has 2 aliphatic rings. The van der Waals surface area contributed by atoms with E-state index in [1.165, 1.54) is 12.0 Å². The lowest BCUT2D eigenvalue weighted by Crippen LogP contribution is -2.56. The SMILES string of the molecule is COC(=O)[C@H](Cc1ccccc1)NC(=O)[C@H]1Cc2c([nH]c3ccccc23)[C@@H]2C[C@@H](NC(=O)OC(C)(C)C)C(=O)N12. The van der Waals surface area contributed by atoms with Crippen molar-refractivity contribution < 1.29 is 28.7 Å². The van der Waals surface area contributed by atoms with Gasteiger partial charge in [-0.15, -0.1) is 0 Å². The van der Waals surface area contributed by atoms with Crippen LogP contribution in [0.2, 0.25) is 0 Å². The van der Waals surface area contributed by atoms with Crippen molar-refractivity contribution in [1.29, 1.82) is 0 Å². The first kappa shape index (κ1) is 27.2. The number of nitrogens with zero attached hydrogens (tertiary/aromatic N) is 1. The number of aromatic nitrogens is 1. The van der Waals surface area contributed by atoms with Crippen LogP contribution in [0, 0.1) is 0 Å². The lowest BCUT2D eigenvalue weighted by molar-refractivity contribution is -0.147. The number of H-pyrrole nitrogens is 1. The van der Waals surface area contributed by atoms with Gasteiger partial charge in [-0.2, -0.15) is 0 Å². The Labute approximate surface area is 232 Å². The molecule has 0 spiro atoms. The van der Waals surface area contributed by atoms with Crippen molar-refractivity contribution in [2.24, 2.45) is 0 Å². The zero-order chi connectivity index (χ0) is 28.6. The number of carbonyl (C=O) groups is 4. The van der Waals surface area contributed by atoms with Gasteiger partial charge in [0, 0.05) is 35.9 Å². The van der Waals surface area contributed by atoms with Crippen LogP contribution in [0.5, 0.6) is 0 Å². The van der Waals surface area contributed by atoms with Gasteiger partial charge in [0.2, 0.25) is 11.8 Å². The molecule has 10 heteroatoms. The van der Waals surface area contributed by atoms with Crippen molar-refractivity contribution in [2.45, 2.75) is 69.8 Å². The third kappa shape index (κ3) is 5.38. The number of rotatable bonds is 6. The van der Waals surface area contributed by atoms with Gasteiger partial charge in [-0.05, 0) is 38.0 Å². The van der Waals surface area contributed by atoms with Gasteiger partial charge < -0.3 is 30.0 Å². The molecule has 0 bridgehead atoms. The first-order chi connectivity index (χ1) is 19.1. The van der Waals surface area contributed by atoms with Crippen LogP contribution in [0.4, 0.5) is 4.79 Å². The maximum Gasteiger partial charge on any atom is 0.408 e. The number of ether oxygens (including phenoxy) is 2. The van der Waals surface area contributed by atoms with E-state index in [0.29, 0.717) is 0 Å². The van der Waals surface area contributed by atoms with Gasteiger partial charge in [-0.1, -0.05) is 48.5 Å². The van der Waals surface area contributed by atoms with Crippen LogP contribution in [0.15, 0.2) is 54.6 Å². The second kappa shape index (κ2) is 10.7. The van der Waals surface area contributed by atoms with Crippen LogP contribution in [0.25, 0.3) is 10.9 Å². The Morgan fingerprint density at radius 1 is 1.07 bits per heavy atom. The number of carbonyl (C=O) groups excluding carboxylic acids is 4. The summed E-state index contributed by atoms with van der Waals surface area (Å²) in [5.74, 6) is -1.41. The highest BCUT2D eigenvalue weighted by atomic mass is 16.6. The van der Waals surface area contributed by atoms with Crippen molar-refractivity contribution in [3.05, 3.63) is 71.4 Å². The number of para-hydroxylation sites is 1. The van der Waals surface area contributed by atoms with E-state index >= 15 is 0 Å². The van der Waals surface area contributed by atoms with E-state index in [2.05, 4.69) is 15.6 Å². The number of alkyl carbamates (subject to hydrolysis) is 1. The first-order valence-electron chi connectivity index (χ1n) is 13.4. The number of esters is 1. The van der Waals surface area contributed by atoms with Crippen molar-refractivity contribution >= 4 is 34.8 Å². The fourth-order valence-corrected chi connectivity index (χ4v) is 5.66. The van der Waals surface area contributed by atoms with Crippen molar-refractivity contribution in [3.63, 3.8) is 0 Å². The number of hydrogen-bond donors (Lipinski definition) is 3. The number of fused-ring (bicyclic) bond motifs is 5. The number of methoxy groups -OCH3 is 1. The maximum atomic E-state index is 13.9. The monoisotopic (exact) mass is 546 g/mol. The number of aromatic amines is 1. The van der Waals surface area contributed by atoms with Crippen molar-refractivity contribution in [2.75, 3.05) is 7.11 Å². The molecule has 5 rings (SSSR count). The minimum Gasteiger partial charge on any atom is -0.467 e. The lowest BCUT2D eigenvalue weighted by atomic mass is 9.91. The molecule has 3 heterocycles. The molecule has 0 aliphatic carbocycles.